The number of sulfonamides is 1. The second kappa shape index (κ2) is 9.12. The van der Waals surface area contributed by atoms with E-state index in [1.54, 1.807) is 24.3 Å². The first-order chi connectivity index (χ1) is 13.8. The number of para-hydroxylation sites is 1. The van der Waals surface area contributed by atoms with Crippen LogP contribution in [0.25, 0.3) is 0 Å². The molecule has 1 aliphatic heterocycles. The van der Waals surface area contributed by atoms with Gasteiger partial charge in [0.1, 0.15) is 9.46 Å². The van der Waals surface area contributed by atoms with E-state index in [-0.39, 0.29) is 28.2 Å². The zero-order chi connectivity index (χ0) is 21.0. The summed E-state index contributed by atoms with van der Waals surface area (Å²) in [6, 6.07) is 11.7. The number of amidine groups is 1. The monoisotopic (exact) mass is 469 g/mol. The predicted octanol–water partition coefficient (Wildman–Crippen LogP) is 3.61. The van der Waals surface area contributed by atoms with Crippen molar-refractivity contribution in [3.05, 3.63) is 59.5 Å². The van der Waals surface area contributed by atoms with Gasteiger partial charge in [0.05, 0.1) is 4.34 Å². The van der Waals surface area contributed by atoms with Gasteiger partial charge in [0.15, 0.2) is 5.17 Å². The molecule has 1 N–H and O–H groups in total. The van der Waals surface area contributed by atoms with Crippen molar-refractivity contribution in [2.75, 3.05) is 11.9 Å². The molecule has 152 valence electrons. The van der Waals surface area contributed by atoms with E-state index < -0.39 is 21.2 Å². The van der Waals surface area contributed by atoms with Crippen LogP contribution in [0.15, 0.2) is 63.7 Å². The van der Waals surface area contributed by atoms with Crippen LogP contribution in [-0.2, 0) is 19.6 Å². The third kappa shape index (κ3) is 5.27. The Morgan fingerprint density at radius 2 is 2.00 bits per heavy atom. The SMILES string of the molecule is C=CCN1C(=O)C(CC(=O)Nc2ccccc2)S/C1=N/S(=O)(=O)c1ccc(Cl)s1. The minimum absolute atomic E-state index is 0.0110. The summed E-state index contributed by atoms with van der Waals surface area (Å²) in [4.78, 5) is 26.2. The molecule has 0 bridgehead atoms. The topological polar surface area (TPSA) is 95.9 Å². The highest BCUT2D eigenvalue weighted by atomic mass is 35.5. The summed E-state index contributed by atoms with van der Waals surface area (Å²) in [5, 5.41) is 1.95. The van der Waals surface area contributed by atoms with Gasteiger partial charge in [-0.05, 0) is 24.3 Å². The number of thiophene rings is 1. The van der Waals surface area contributed by atoms with E-state index in [0.717, 1.165) is 23.1 Å². The van der Waals surface area contributed by atoms with Crippen LogP contribution in [-0.4, -0.2) is 42.1 Å². The first-order valence-corrected chi connectivity index (χ1v) is 11.9. The molecule has 7 nitrogen and oxygen atoms in total. The van der Waals surface area contributed by atoms with Crippen LogP contribution in [0.2, 0.25) is 4.34 Å². The molecule has 0 radical (unpaired) electrons. The summed E-state index contributed by atoms with van der Waals surface area (Å²) in [5.41, 5.74) is 0.613. The quantitative estimate of drug-likeness (QED) is 0.625. The molecular formula is C18H16ClN3O4S3. The van der Waals surface area contributed by atoms with Crippen molar-refractivity contribution in [1.82, 2.24) is 4.90 Å². The summed E-state index contributed by atoms with van der Waals surface area (Å²) < 4.78 is 29.2. The maximum absolute atomic E-state index is 12.7. The highest BCUT2D eigenvalue weighted by Gasteiger charge is 2.39. The molecule has 1 atom stereocenters. The van der Waals surface area contributed by atoms with Gasteiger partial charge >= 0.3 is 0 Å². The van der Waals surface area contributed by atoms with Gasteiger partial charge in [0, 0.05) is 18.7 Å². The Hall–Kier alpha value is -2.14. The number of thioether (sulfide) groups is 1. The lowest BCUT2D eigenvalue weighted by Gasteiger charge is -2.13. The van der Waals surface area contributed by atoms with E-state index in [0.29, 0.717) is 10.0 Å². The Morgan fingerprint density at radius 3 is 2.62 bits per heavy atom. The van der Waals surface area contributed by atoms with Crippen LogP contribution < -0.4 is 5.32 Å². The Kier molecular flexibility index (Phi) is 6.78. The van der Waals surface area contributed by atoms with Gasteiger partial charge in [0.2, 0.25) is 11.8 Å². The number of carbonyl (C=O) groups excluding carboxylic acids is 2. The second-order valence-corrected chi connectivity index (χ2v) is 10.6. The number of anilines is 1. The molecule has 2 aromatic rings. The molecule has 2 amide bonds. The molecule has 0 saturated carbocycles. The van der Waals surface area contributed by atoms with E-state index in [1.807, 2.05) is 6.07 Å². The fourth-order valence-electron chi connectivity index (χ4n) is 2.49. The third-order valence-corrected chi connectivity index (χ3v) is 8.02. The molecule has 1 unspecified atom stereocenters. The fourth-order valence-corrected chi connectivity index (χ4v) is 6.32. The summed E-state index contributed by atoms with van der Waals surface area (Å²) in [6.07, 6.45) is 1.35. The Labute approximate surface area is 181 Å². The van der Waals surface area contributed by atoms with Crippen LogP contribution in [0.4, 0.5) is 5.69 Å². The minimum Gasteiger partial charge on any atom is -0.326 e. The Bertz CT molecular complexity index is 1070. The maximum atomic E-state index is 12.7. The number of amides is 2. The molecule has 0 spiro atoms. The van der Waals surface area contributed by atoms with Crippen molar-refractivity contribution in [3.63, 3.8) is 0 Å². The predicted molar refractivity (Wildman–Crippen MR) is 117 cm³/mol. The highest BCUT2D eigenvalue weighted by molar-refractivity contribution is 8.16. The first-order valence-electron chi connectivity index (χ1n) is 8.34. The second-order valence-electron chi connectivity index (χ2n) is 5.87. The molecule has 3 rings (SSSR count). The van der Waals surface area contributed by atoms with E-state index in [2.05, 4.69) is 16.3 Å². The first kappa shape index (κ1) is 21.6. The van der Waals surface area contributed by atoms with E-state index in [4.69, 9.17) is 11.6 Å². The molecule has 1 aliphatic rings. The lowest BCUT2D eigenvalue weighted by Crippen LogP contribution is -2.33. The lowest BCUT2D eigenvalue weighted by atomic mass is 10.2. The molecule has 1 aromatic heterocycles. The van der Waals surface area contributed by atoms with Crippen LogP contribution in [0.1, 0.15) is 6.42 Å². The van der Waals surface area contributed by atoms with Crippen LogP contribution in [0.3, 0.4) is 0 Å². The van der Waals surface area contributed by atoms with Crippen molar-refractivity contribution in [1.29, 1.82) is 0 Å². The molecular weight excluding hydrogens is 454 g/mol. The van der Waals surface area contributed by atoms with Crippen LogP contribution in [0.5, 0.6) is 0 Å². The molecule has 2 heterocycles. The number of nitrogens with zero attached hydrogens (tertiary/aromatic N) is 2. The standard InChI is InChI=1S/C18H16ClN3O4S3/c1-2-10-22-17(24)13(11-15(23)20-12-6-4-3-5-7-12)27-18(22)21-29(25,26)16-9-8-14(19)28-16/h2-9,13H,1,10-11H2,(H,20,23)/b21-18+. The highest BCUT2D eigenvalue weighted by Crippen LogP contribution is 2.33. The van der Waals surface area contributed by atoms with Gasteiger partial charge in [-0.1, -0.05) is 47.6 Å². The van der Waals surface area contributed by atoms with Crippen molar-refractivity contribution in [2.24, 2.45) is 4.40 Å². The zero-order valence-corrected chi connectivity index (χ0v) is 18.2. The molecule has 0 aliphatic carbocycles. The largest absolute Gasteiger partial charge is 0.326 e. The molecule has 29 heavy (non-hydrogen) atoms. The van der Waals surface area contributed by atoms with E-state index >= 15 is 0 Å². The van der Waals surface area contributed by atoms with E-state index in [9.17, 15) is 18.0 Å². The van der Waals surface area contributed by atoms with Gasteiger partial charge < -0.3 is 5.32 Å². The smallest absolute Gasteiger partial charge is 0.294 e. The third-order valence-electron chi connectivity index (χ3n) is 3.76. The summed E-state index contributed by atoms with van der Waals surface area (Å²) in [6.45, 7) is 3.68. The van der Waals surface area contributed by atoms with Gasteiger partial charge in [-0.3, -0.25) is 14.5 Å². The number of halogens is 1. The molecule has 1 fully saturated rings. The van der Waals surface area contributed by atoms with E-state index in [1.165, 1.54) is 23.1 Å². The molecule has 11 heteroatoms. The molecule has 1 saturated heterocycles. The summed E-state index contributed by atoms with van der Waals surface area (Å²) in [7, 11) is -4.03. The van der Waals surface area contributed by atoms with Crippen molar-refractivity contribution in [2.45, 2.75) is 15.9 Å². The number of rotatable bonds is 7. The number of nitrogens with one attached hydrogen (secondary N) is 1. The number of hydrogen-bond donors (Lipinski definition) is 1. The van der Waals surface area contributed by atoms with Crippen LogP contribution in [0, 0.1) is 0 Å². The van der Waals surface area contributed by atoms with Gasteiger partial charge in [-0.2, -0.15) is 8.42 Å². The summed E-state index contributed by atoms with van der Waals surface area (Å²) in [5.74, 6) is -0.744. The number of benzene rings is 1. The Balaban J connectivity index is 1.79. The van der Waals surface area contributed by atoms with Gasteiger partial charge in [0.25, 0.3) is 10.0 Å². The van der Waals surface area contributed by atoms with Crippen molar-refractivity contribution in [3.8, 4) is 0 Å². The summed E-state index contributed by atoms with van der Waals surface area (Å²) >= 11 is 7.63. The van der Waals surface area contributed by atoms with Crippen LogP contribution >= 0.6 is 34.7 Å². The molecule has 1 aromatic carbocycles. The van der Waals surface area contributed by atoms with Crippen molar-refractivity contribution >= 4 is 67.4 Å². The average Bonchev–Trinajstić information content (AvgIpc) is 3.22. The fraction of sp³-hybridized carbons (Fsp3) is 0.167. The lowest BCUT2D eigenvalue weighted by molar-refractivity contribution is -0.127. The van der Waals surface area contributed by atoms with Crippen molar-refractivity contribution < 1.29 is 18.0 Å². The normalized spacial score (nSPS) is 18.2. The maximum Gasteiger partial charge on any atom is 0.294 e. The average molecular weight is 470 g/mol. The van der Waals surface area contributed by atoms with Gasteiger partial charge in [-0.15, -0.1) is 22.3 Å². The number of carbonyl (C=O) groups is 2. The van der Waals surface area contributed by atoms with Gasteiger partial charge in [-0.25, -0.2) is 0 Å². The minimum atomic E-state index is -4.03. The number of hydrogen-bond acceptors (Lipinski definition) is 6. The zero-order valence-electron chi connectivity index (χ0n) is 14.9. The Morgan fingerprint density at radius 1 is 1.28 bits per heavy atom.